The molecule has 2 aromatic rings. The fourth-order valence-corrected chi connectivity index (χ4v) is 3.08. The Bertz CT molecular complexity index is 713. The van der Waals surface area contributed by atoms with Crippen LogP contribution in [0.25, 0.3) is 0 Å². The van der Waals surface area contributed by atoms with Crippen LogP contribution in [0, 0.1) is 6.92 Å². The Morgan fingerprint density at radius 2 is 2.05 bits per heavy atom. The van der Waals surface area contributed by atoms with E-state index >= 15 is 0 Å². The maximum atomic E-state index is 12.7. The first kappa shape index (κ1) is 14.4. The van der Waals surface area contributed by atoms with Crippen molar-refractivity contribution in [3.63, 3.8) is 0 Å². The molecule has 1 aliphatic heterocycles. The minimum absolute atomic E-state index is 0.0250. The van der Waals surface area contributed by atoms with E-state index in [1.807, 2.05) is 6.92 Å². The summed E-state index contributed by atoms with van der Waals surface area (Å²) in [5.74, 6) is -0.172. The van der Waals surface area contributed by atoms with Crippen LogP contribution < -0.4 is 0 Å². The number of nitrogens with zero attached hydrogens (tertiary/aromatic N) is 4. The fourth-order valence-electron chi connectivity index (χ4n) is 2.76. The lowest BCUT2D eigenvalue weighted by atomic mass is 10.1. The summed E-state index contributed by atoms with van der Waals surface area (Å²) in [6.07, 6.45) is 0. The zero-order valence-electron chi connectivity index (χ0n) is 11.7. The average Bonchev–Trinajstić information content (AvgIpc) is 2.84. The third-order valence-corrected chi connectivity index (χ3v) is 4.37. The number of carbonyl (C=O) groups excluding carboxylic acids is 1. The van der Waals surface area contributed by atoms with Gasteiger partial charge in [0.25, 0.3) is 5.91 Å². The summed E-state index contributed by atoms with van der Waals surface area (Å²) in [6.45, 7) is 5.47. The van der Waals surface area contributed by atoms with Crippen LogP contribution in [-0.4, -0.2) is 32.1 Å². The van der Waals surface area contributed by atoms with Crippen LogP contribution in [0.5, 0.6) is 0 Å². The summed E-state index contributed by atoms with van der Waals surface area (Å²) in [5, 5.41) is 7.57. The van der Waals surface area contributed by atoms with Crippen molar-refractivity contribution in [2.75, 3.05) is 6.54 Å². The molecule has 7 heteroatoms. The summed E-state index contributed by atoms with van der Waals surface area (Å²) in [7, 11) is 0. The fraction of sp³-hybridized carbons (Fsp3) is 0.357. The second kappa shape index (κ2) is 5.31. The summed E-state index contributed by atoms with van der Waals surface area (Å²) in [4.78, 5) is 14.5. The number of aromatic nitrogens is 3. The Labute approximate surface area is 132 Å². The van der Waals surface area contributed by atoms with Crippen molar-refractivity contribution in [1.82, 2.24) is 19.7 Å². The van der Waals surface area contributed by atoms with E-state index in [0.29, 0.717) is 12.1 Å². The molecule has 21 heavy (non-hydrogen) atoms. The zero-order chi connectivity index (χ0) is 15.1. The van der Waals surface area contributed by atoms with Crippen LogP contribution in [0.2, 0.25) is 10.3 Å². The summed E-state index contributed by atoms with van der Waals surface area (Å²) < 4.78 is 2.23. The van der Waals surface area contributed by atoms with Crippen LogP contribution in [0.4, 0.5) is 0 Å². The Balaban J connectivity index is 1.95. The highest BCUT2D eigenvalue weighted by atomic mass is 35.5. The molecule has 5 nitrogen and oxygen atoms in total. The van der Waals surface area contributed by atoms with Crippen molar-refractivity contribution in [2.45, 2.75) is 26.4 Å². The molecule has 1 amide bonds. The summed E-state index contributed by atoms with van der Waals surface area (Å²) in [5.41, 5.74) is 2.62. The maximum Gasteiger partial charge on any atom is 0.257 e. The molecule has 1 atom stereocenters. The third-order valence-electron chi connectivity index (χ3n) is 3.90. The van der Waals surface area contributed by atoms with Gasteiger partial charge in [0.2, 0.25) is 0 Å². The second-order valence-electron chi connectivity index (χ2n) is 5.10. The molecule has 0 saturated heterocycles. The first-order valence-electron chi connectivity index (χ1n) is 6.64. The molecule has 0 fully saturated rings. The van der Waals surface area contributed by atoms with Crippen molar-refractivity contribution in [3.8, 4) is 0 Å². The number of rotatable bonds is 1. The summed E-state index contributed by atoms with van der Waals surface area (Å²) in [6, 6.07) is 5.56. The molecule has 110 valence electrons. The monoisotopic (exact) mass is 324 g/mol. The lowest BCUT2D eigenvalue weighted by Crippen LogP contribution is -2.41. The molecule has 1 aliphatic rings. The van der Waals surface area contributed by atoms with Gasteiger partial charge in [-0.1, -0.05) is 23.2 Å². The van der Waals surface area contributed by atoms with Crippen LogP contribution >= 0.6 is 23.2 Å². The molecule has 0 N–H and O–H groups in total. The molecule has 0 spiro atoms. The number of aryl methyl sites for hydroxylation is 1. The van der Waals surface area contributed by atoms with Crippen molar-refractivity contribution in [3.05, 3.63) is 45.5 Å². The minimum Gasteiger partial charge on any atom is -0.345 e. The van der Waals surface area contributed by atoms with Gasteiger partial charge < -0.3 is 9.47 Å². The van der Waals surface area contributed by atoms with Gasteiger partial charge in [-0.3, -0.25) is 4.79 Å². The van der Waals surface area contributed by atoms with Crippen molar-refractivity contribution in [2.24, 2.45) is 0 Å². The van der Waals surface area contributed by atoms with Gasteiger partial charge in [-0.2, -0.15) is 0 Å². The van der Waals surface area contributed by atoms with E-state index in [1.165, 1.54) is 11.8 Å². The number of amides is 1. The molecule has 2 aromatic heterocycles. The van der Waals surface area contributed by atoms with Crippen LogP contribution in [-0.2, 0) is 6.54 Å². The quantitative estimate of drug-likeness (QED) is 0.809. The molecule has 3 heterocycles. The predicted molar refractivity (Wildman–Crippen MR) is 80.7 cm³/mol. The van der Waals surface area contributed by atoms with Crippen molar-refractivity contribution >= 4 is 29.1 Å². The number of hydrogen-bond donors (Lipinski definition) is 0. The topological polar surface area (TPSA) is 51.0 Å². The number of fused-ring (bicyclic) bond motifs is 1. The van der Waals surface area contributed by atoms with Gasteiger partial charge in [0.05, 0.1) is 11.6 Å². The lowest BCUT2D eigenvalue weighted by molar-refractivity contribution is 0.0642. The summed E-state index contributed by atoms with van der Waals surface area (Å²) >= 11 is 11.8. The first-order valence-corrected chi connectivity index (χ1v) is 7.40. The number of hydrogen-bond acceptors (Lipinski definition) is 3. The molecule has 3 rings (SSSR count). The number of halogens is 2. The maximum absolute atomic E-state index is 12.7. The van der Waals surface area contributed by atoms with Crippen molar-refractivity contribution in [1.29, 1.82) is 0 Å². The molecule has 0 aliphatic carbocycles. The molecule has 0 saturated carbocycles. The van der Waals surface area contributed by atoms with Gasteiger partial charge in [-0.05, 0) is 32.0 Å². The highest BCUT2D eigenvalue weighted by molar-refractivity contribution is 6.34. The molecule has 0 radical (unpaired) electrons. The normalized spacial score (nSPS) is 17.7. The Morgan fingerprint density at radius 1 is 1.29 bits per heavy atom. The van der Waals surface area contributed by atoms with E-state index < -0.39 is 0 Å². The van der Waals surface area contributed by atoms with E-state index in [4.69, 9.17) is 23.2 Å². The molecule has 0 aromatic carbocycles. The van der Waals surface area contributed by atoms with E-state index in [1.54, 1.807) is 4.90 Å². The van der Waals surface area contributed by atoms with Gasteiger partial charge in [0, 0.05) is 24.5 Å². The molecular weight excluding hydrogens is 311 g/mol. The molecule has 0 bridgehead atoms. The van der Waals surface area contributed by atoms with Gasteiger partial charge in [-0.25, -0.2) is 0 Å². The smallest absolute Gasteiger partial charge is 0.257 e. The molecular formula is C14H14Cl2N4O. The highest BCUT2D eigenvalue weighted by Crippen LogP contribution is 2.29. The average molecular weight is 325 g/mol. The lowest BCUT2D eigenvalue weighted by Gasteiger charge is -2.35. The number of carbonyl (C=O) groups is 1. The third kappa shape index (κ3) is 2.40. The Morgan fingerprint density at radius 3 is 2.81 bits per heavy atom. The van der Waals surface area contributed by atoms with Crippen molar-refractivity contribution < 1.29 is 4.79 Å². The van der Waals surface area contributed by atoms with Gasteiger partial charge >= 0.3 is 0 Å². The van der Waals surface area contributed by atoms with Gasteiger partial charge in [0.15, 0.2) is 10.3 Å². The predicted octanol–water partition coefficient (Wildman–Crippen LogP) is 3.11. The largest absolute Gasteiger partial charge is 0.345 e. The van der Waals surface area contributed by atoms with E-state index in [-0.39, 0.29) is 22.3 Å². The standard InChI is InChI=1S/C14H14Cl2N4O/c1-8-3-4-11-9(2)20(6-5-19(8)11)14(21)10-7-12(15)17-18-13(10)16/h3-4,7,9H,5-6H2,1-2H3. The highest BCUT2D eigenvalue weighted by Gasteiger charge is 2.30. The van der Waals surface area contributed by atoms with E-state index in [2.05, 4.69) is 33.8 Å². The Hall–Kier alpha value is -1.59. The van der Waals surface area contributed by atoms with Crippen LogP contribution in [0.3, 0.4) is 0 Å². The Kier molecular flexibility index (Phi) is 3.63. The van der Waals surface area contributed by atoms with Gasteiger partial charge in [0.1, 0.15) is 0 Å². The van der Waals surface area contributed by atoms with Gasteiger partial charge in [-0.15, -0.1) is 10.2 Å². The van der Waals surface area contributed by atoms with E-state index in [0.717, 1.165) is 12.2 Å². The SMILES string of the molecule is Cc1ccc2n1CCN(C(=O)c1cc(Cl)nnc1Cl)C2C. The zero-order valence-corrected chi connectivity index (χ0v) is 13.2. The molecule has 1 unspecified atom stereocenters. The minimum atomic E-state index is -0.172. The van der Waals surface area contributed by atoms with E-state index in [9.17, 15) is 4.79 Å². The van der Waals surface area contributed by atoms with Crippen LogP contribution in [0.1, 0.15) is 34.7 Å². The first-order chi connectivity index (χ1) is 9.99. The second-order valence-corrected chi connectivity index (χ2v) is 5.84. The van der Waals surface area contributed by atoms with Crippen LogP contribution in [0.15, 0.2) is 18.2 Å².